The van der Waals surface area contributed by atoms with Crippen LogP contribution >= 0.6 is 0 Å². The van der Waals surface area contributed by atoms with Gasteiger partial charge in [-0.1, -0.05) is 155 Å². The Morgan fingerprint density at radius 2 is 0.613 bits per heavy atom. The maximum atomic E-state index is 5.95. The van der Waals surface area contributed by atoms with Crippen LogP contribution in [0.1, 0.15) is 155 Å². The van der Waals surface area contributed by atoms with Crippen LogP contribution < -0.4 is 0 Å². The molecule has 0 fully saturated rings. The van der Waals surface area contributed by atoms with E-state index in [0.29, 0.717) is 0 Å². The van der Waals surface area contributed by atoms with Gasteiger partial charge in [-0.2, -0.15) is 0 Å². The van der Waals surface area contributed by atoms with Gasteiger partial charge in [-0.25, -0.2) is 0 Å². The lowest BCUT2D eigenvalue weighted by Gasteiger charge is -2.19. The van der Waals surface area contributed by atoms with Crippen molar-refractivity contribution in [1.29, 1.82) is 0 Å². The van der Waals surface area contributed by atoms with Crippen molar-refractivity contribution in [3.63, 3.8) is 0 Å². The molecule has 0 atom stereocenters. The standard InChI is InChI=1S/C30H56Si/c1-5-9-11-13-15-17-19-21-23-25-27-29-31(7-3,8-4)30-28-26-24-22-20-18-16-14-12-10-6-2/h3-4H,5-6,9-30H2,1-2H3. The zero-order chi connectivity index (χ0) is 22.9. The molecular formula is C30H56Si. The number of hydrogen-bond acceptors (Lipinski definition) is 0. The van der Waals surface area contributed by atoms with Gasteiger partial charge in [-0.3, -0.25) is 0 Å². The Balaban J connectivity index is 3.64. The highest BCUT2D eigenvalue weighted by Gasteiger charge is 2.27. The molecular weight excluding hydrogens is 388 g/mol. The molecule has 0 unspecified atom stereocenters. The molecule has 0 aliphatic heterocycles. The average molecular weight is 445 g/mol. The summed E-state index contributed by atoms with van der Waals surface area (Å²) in [6, 6.07) is 2.32. The van der Waals surface area contributed by atoms with E-state index in [1.807, 2.05) is 0 Å². The zero-order valence-corrected chi connectivity index (χ0v) is 22.6. The highest BCUT2D eigenvalue weighted by molar-refractivity contribution is 6.94. The Kier molecular flexibility index (Phi) is 23.5. The number of unbranched alkanes of at least 4 members (excludes halogenated alkanes) is 20. The third-order valence-electron chi connectivity index (χ3n) is 6.97. The third-order valence-corrected chi connectivity index (χ3v) is 10.5. The zero-order valence-electron chi connectivity index (χ0n) is 21.6. The van der Waals surface area contributed by atoms with Crippen LogP contribution in [-0.2, 0) is 0 Å². The van der Waals surface area contributed by atoms with Crippen molar-refractivity contribution in [2.75, 3.05) is 0 Å². The molecule has 0 heterocycles. The van der Waals surface area contributed by atoms with Gasteiger partial charge in [0.2, 0.25) is 8.07 Å². The molecule has 0 nitrogen and oxygen atoms in total. The Bertz CT molecular complexity index is 396. The summed E-state index contributed by atoms with van der Waals surface area (Å²) in [4.78, 5) is 0. The number of hydrogen-bond donors (Lipinski definition) is 0. The summed E-state index contributed by atoms with van der Waals surface area (Å²) in [5, 5.41) is 0. The van der Waals surface area contributed by atoms with Gasteiger partial charge in [0.15, 0.2) is 0 Å². The van der Waals surface area contributed by atoms with E-state index in [1.54, 1.807) is 0 Å². The SMILES string of the molecule is C#C[Si](C#C)(CCCCCCCCCCCCC)CCCCCCCCCCCCC. The topological polar surface area (TPSA) is 0 Å². The maximum Gasteiger partial charge on any atom is 0.216 e. The van der Waals surface area contributed by atoms with Gasteiger partial charge < -0.3 is 0 Å². The Morgan fingerprint density at radius 1 is 0.387 bits per heavy atom. The first kappa shape index (κ1) is 30.3. The van der Waals surface area contributed by atoms with Crippen molar-refractivity contribution >= 4 is 8.07 Å². The van der Waals surface area contributed by atoms with E-state index in [4.69, 9.17) is 12.8 Å². The lowest BCUT2D eigenvalue weighted by Crippen LogP contribution is -2.30. The van der Waals surface area contributed by atoms with Crippen molar-refractivity contribution in [3.8, 4) is 23.9 Å². The molecule has 0 amide bonds. The number of rotatable bonds is 24. The van der Waals surface area contributed by atoms with E-state index >= 15 is 0 Å². The van der Waals surface area contributed by atoms with E-state index in [1.165, 1.54) is 141 Å². The summed E-state index contributed by atoms with van der Waals surface area (Å²) in [5.41, 5.74) is 6.28. The van der Waals surface area contributed by atoms with Crippen molar-refractivity contribution in [2.24, 2.45) is 0 Å². The molecule has 0 bridgehead atoms. The molecule has 0 aliphatic carbocycles. The Labute approximate surface area is 199 Å². The fourth-order valence-corrected chi connectivity index (χ4v) is 7.26. The van der Waals surface area contributed by atoms with Crippen LogP contribution in [0.4, 0.5) is 0 Å². The molecule has 1 heteroatoms. The molecule has 0 rings (SSSR count). The molecule has 0 aromatic carbocycles. The highest BCUT2D eigenvalue weighted by Crippen LogP contribution is 2.23. The largest absolute Gasteiger partial charge is 0.216 e. The first-order chi connectivity index (χ1) is 15.2. The van der Waals surface area contributed by atoms with Crippen molar-refractivity contribution < 1.29 is 0 Å². The van der Waals surface area contributed by atoms with Crippen LogP contribution in [0.3, 0.4) is 0 Å². The maximum absolute atomic E-state index is 5.95. The molecule has 0 spiro atoms. The second kappa shape index (κ2) is 24.0. The van der Waals surface area contributed by atoms with Crippen LogP contribution in [0.5, 0.6) is 0 Å². The summed E-state index contributed by atoms with van der Waals surface area (Å²) in [5.74, 6) is 0. The lowest BCUT2D eigenvalue weighted by atomic mass is 10.1. The molecule has 0 saturated heterocycles. The van der Waals surface area contributed by atoms with Crippen LogP contribution in [0.15, 0.2) is 0 Å². The molecule has 0 saturated carbocycles. The first-order valence-electron chi connectivity index (χ1n) is 14.2. The van der Waals surface area contributed by atoms with Gasteiger partial charge in [0, 0.05) is 0 Å². The molecule has 0 N–H and O–H groups in total. The second-order valence-corrected chi connectivity index (χ2v) is 13.7. The quantitative estimate of drug-likeness (QED) is 0.0788. The lowest BCUT2D eigenvalue weighted by molar-refractivity contribution is 0.552. The fourth-order valence-electron chi connectivity index (χ4n) is 4.64. The van der Waals surface area contributed by atoms with Gasteiger partial charge in [0.1, 0.15) is 0 Å². The van der Waals surface area contributed by atoms with E-state index < -0.39 is 8.07 Å². The monoisotopic (exact) mass is 444 g/mol. The second-order valence-electron chi connectivity index (χ2n) is 9.94. The van der Waals surface area contributed by atoms with Gasteiger partial charge in [0.25, 0.3) is 0 Å². The van der Waals surface area contributed by atoms with E-state index in [0.717, 1.165) is 12.1 Å². The minimum absolute atomic E-state index is 1.16. The van der Waals surface area contributed by atoms with Crippen molar-refractivity contribution in [1.82, 2.24) is 0 Å². The summed E-state index contributed by atoms with van der Waals surface area (Å²) < 4.78 is 0. The fraction of sp³-hybridized carbons (Fsp3) is 0.867. The molecule has 31 heavy (non-hydrogen) atoms. The van der Waals surface area contributed by atoms with Crippen LogP contribution in [0, 0.1) is 23.9 Å². The van der Waals surface area contributed by atoms with Gasteiger partial charge in [-0.15, -0.1) is 23.9 Å². The summed E-state index contributed by atoms with van der Waals surface area (Å²) in [6.45, 7) is 4.58. The van der Waals surface area contributed by atoms with E-state index in [-0.39, 0.29) is 0 Å². The minimum Gasteiger partial charge on any atom is -0.126 e. The van der Waals surface area contributed by atoms with E-state index in [2.05, 4.69) is 24.9 Å². The predicted octanol–water partition coefficient (Wildman–Crippen LogP) is 10.4. The highest BCUT2D eigenvalue weighted by atomic mass is 28.3. The van der Waals surface area contributed by atoms with Crippen molar-refractivity contribution in [2.45, 2.75) is 167 Å². The van der Waals surface area contributed by atoms with Gasteiger partial charge in [-0.05, 0) is 12.1 Å². The van der Waals surface area contributed by atoms with Crippen LogP contribution in [-0.4, -0.2) is 8.07 Å². The van der Waals surface area contributed by atoms with Gasteiger partial charge in [0.05, 0.1) is 0 Å². The van der Waals surface area contributed by atoms with Gasteiger partial charge >= 0.3 is 0 Å². The normalized spacial score (nSPS) is 11.4. The first-order valence-corrected chi connectivity index (χ1v) is 16.6. The van der Waals surface area contributed by atoms with E-state index in [9.17, 15) is 0 Å². The average Bonchev–Trinajstić information content (AvgIpc) is 2.79. The molecule has 180 valence electrons. The molecule has 0 aromatic heterocycles. The Morgan fingerprint density at radius 3 is 0.839 bits per heavy atom. The van der Waals surface area contributed by atoms with Crippen molar-refractivity contribution in [3.05, 3.63) is 0 Å². The molecule has 0 aliphatic rings. The summed E-state index contributed by atoms with van der Waals surface area (Å²) in [6.07, 6.45) is 42.4. The third kappa shape index (κ3) is 19.7. The Hall–Kier alpha value is -0.663. The molecule has 0 radical (unpaired) electrons. The summed E-state index contributed by atoms with van der Waals surface area (Å²) >= 11 is 0. The predicted molar refractivity (Wildman–Crippen MR) is 146 cm³/mol. The number of terminal acetylenes is 2. The van der Waals surface area contributed by atoms with Crippen LogP contribution in [0.2, 0.25) is 12.1 Å². The smallest absolute Gasteiger partial charge is 0.126 e. The van der Waals surface area contributed by atoms with Crippen LogP contribution in [0.25, 0.3) is 0 Å². The minimum atomic E-state index is -1.88. The molecule has 0 aromatic rings. The summed E-state index contributed by atoms with van der Waals surface area (Å²) in [7, 11) is -1.88.